The molecular formula is C23H30N2O5. The fourth-order valence-corrected chi connectivity index (χ4v) is 2.80. The third-order valence-corrected chi connectivity index (χ3v) is 4.30. The Morgan fingerprint density at radius 1 is 0.967 bits per heavy atom. The third kappa shape index (κ3) is 7.40. The molecule has 0 fully saturated rings. The molecule has 7 nitrogen and oxygen atoms in total. The highest BCUT2D eigenvalue weighted by molar-refractivity contribution is 5.97. The molecule has 0 saturated carbocycles. The fourth-order valence-electron chi connectivity index (χ4n) is 2.80. The first-order valence-electron chi connectivity index (χ1n) is 10.2. The number of hydrogen-bond acceptors (Lipinski definition) is 5. The molecule has 2 aromatic rings. The molecule has 0 bridgehead atoms. The molecule has 162 valence electrons. The van der Waals surface area contributed by atoms with Gasteiger partial charge in [0.05, 0.1) is 19.8 Å². The molecule has 0 aliphatic rings. The van der Waals surface area contributed by atoms with Crippen LogP contribution in [0.2, 0.25) is 0 Å². The maximum atomic E-state index is 12.7. The van der Waals surface area contributed by atoms with E-state index in [-0.39, 0.29) is 25.0 Å². The minimum absolute atomic E-state index is 0.123. The van der Waals surface area contributed by atoms with Gasteiger partial charge >= 0.3 is 0 Å². The highest BCUT2D eigenvalue weighted by Gasteiger charge is 2.22. The SMILES string of the molecule is CCCOc1ccc(C(=O)NC(Cc2ccc(OCC)cc2)C(=O)NCCO)cc1. The summed E-state index contributed by atoms with van der Waals surface area (Å²) in [5, 5.41) is 14.4. The van der Waals surface area contributed by atoms with Gasteiger partial charge in [0, 0.05) is 18.5 Å². The molecule has 1 unspecified atom stereocenters. The van der Waals surface area contributed by atoms with Crippen LogP contribution in [0.1, 0.15) is 36.2 Å². The van der Waals surface area contributed by atoms with Crippen LogP contribution in [-0.2, 0) is 11.2 Å². The molecule has 0 spiro atoms. The van der Waals surface area contributed by atoms with Crippen LogP contribution >= 0.6 is 0 Å². The Morgan fingerprint density at radius 3 is 2.20 bits per heavy atom. The second-order valence-corrected chi connectivity index (χ2v) is 6.69. The number of rotatable bonds is 12. The summed E-state index contributed by atoms with van der Waals surface area (Å²) in [7, 11) is 0. The van der Waals surface area contributed by atoms with Crippen molar-refractivity contribution in [2.45, 2.75) is 32.7 Å². The van der Waals surface area contributed by atoms with E-state index in [0.29, 0.717) is 30.9 Å². The zero-order chi connectivity index (χ0) is 21.8. The molecule has 2 rings (SSSR count). The van der Waals surface area contributed by atoms with Crippen LogP contribution in [0, 0.1) is 0 Å². The normalized spacial score (nSPS) is 11.4. The van der Waals surface area contributed by atoms with Crippen LogP contribution in [0.15, 0.2) is 48.5 Å². The van der Waals surface area contributed by atoms with Crippen molar-refractivity contribution in [1.82, 2.24) is 10.6 Å². The predicted molar refractivity (Wildman–Crippen MR) is 115 cm³/mol. The van der Waals surface area contributed by atoms with E-state index >= 15 is 0 Å². The van der Waals surface area contributed by atoms with Gasteiger partial charge in [-0.2, -0.15) is 0 Å². The van der Waals surface area contributed by atoms with Crippen molar-refractivity contribution < 1.29 is 24.2 Å². The molecule has 2 amide bonds. The summed E-state index contributed by atoms with van der Waals surface area (Å²) in [6, 6.07) is 13.4. The molecule has 0 aliphatic carbocycles. The smallest absolute Gasteiger partial charge is 0.251 e. The van der Waals surface area contributed by atoms with E-state index in [1.54, 1.807) is 24.3 Å². The van der Waals surface area contributed by atoms with Gasteiger partial charge in [0.2, 0.25) is 5.91 Å². The van der Waals surface area contributed by atoms with Crippen molar-refractivity contribution in [2.24, 2.45) is 0 Å². The molecule has 0 heterocycles. The Labute approximate surface area is 177 Å². The van der Waals surface area contributed by atoms with Gasteiger partial charge in [-0.3, -0.25) is 9.59 Å². The number of ether oxygens (including phenoxy) is 2. The first-order valence-corrected chi connectivity index (χ1v) is 10.2. The van der Waals surface area contributed by atoms with Crippen molar-refractivity contribution >= 4 is 11.8 Å². The molecule has 0 saturated heterocycles. The summed E-state index contributed by atoms with van der Waals surface area (Å²) in [4.78, 5) is 25.2. The lowest BCUT2D eigenvalue weighted by Crippen LogP contribution is -2.48. The number of carbonyl (C=O) groups is 2. The van der Waals surface area contributed by atoms with Gasteiger partial charge in [-0.05, 0) is 55.3 Å². The van der Waals surface area contributed by atoms with Crippen molar-refractivity contribution in [3.63, 3.8) is 0 Å². The maximum absolute atomic E-state index is 12.7. The van der Waals surface area contributed by atoms with Crippen LogP contribution in [0.4, 0.5) is 0 Å². The molecular weight excluding hydrogens is 384 g/mol. The van der Waals surface area contributed by atoms with Crippen molar-refractivity contribution in [3.05, 3.63) is 59.7 Å². The van der Waals surface area contributed by atoms with E-state index in [0.717, 1.165) is 17.7 Å². The molecule has 2 aromatic carbocycles. The molecule has 1 atom stereocenters. The summed E-state index contributed by atoms with van der Waals surface area (Å²) in [6.07, 6.45) is 1.21. The first-order chi connectivity index (χ1) is 14.6. The Morgan fingerprint density at radius 2 is 1.60 bits per heavy atom. The molecule has 0 radical (unpaired) electrons. The molecule has 30 heavy (non-hydrogen) atoms. The number of carbonyl (C=O) groups excluding carboxylic acids is 2. The highest BCUT2D eigenvalue weighted by atomic mass is 16.5. The van der Waals surface area contributed by atoms with E-state index in [4.69, 9.17) is 14.6 Å². The summed E-state index contributed by atoms with van der Waals surface area (Å²) in [5.74, 6) is 0.735. The standard InChI is InChI=1S/C23H30N2O5/c1-3-15-30-20-11-7-18(8-12-20)22(27)25-21(23(28)24-13-14-26)16-17-5-9-19(10-6-17)29-4-2/h5-12,21,26H,3-4,13-16H2,1-2H3,(H,24,28)(H,25,27). The van der Waals surface area contributed by atoms with Crippen molar-refractivity contribution in [2.75, 3.05) is 26.4 Å². The molecule has 7 heteroatoms. The van der Waals surface area contributed by atoms with Crippen LogP contribution in [0.3, 0.4) is 0 Å². The zero-order valence-corrected chi connectivity index (χ0v) is 17.5. The average Bonchev–Trinajstić information content (AvgIpc) is 2.77. The van der Waals surface area contributed by atoms with E-state index in [9.17, 15) is 9.59 Å². The van der Waals surface area contributed by atoms with E-state index < -0.39 is 6.04 Å². The van der Waals surface area contributed by atoms with Gasteiger partial charge in [-0.25, -0.2) is 0 Å². The van der Waals surface area contributed by atoms with Gasteiger partial charge in [0.1, 0.15) is 17.5 Å². The summed E-state index contributed by atoms with van der Waals surface area (Å²) >= 11 is 0. The van der Waals surface area contributed by atoms with Crippen molar-refractivity contribution in [3.8, 4) is 11.5 Å². The Hall–Kier alpha value is -3.06. The third-order valence-electron chi connectivity index (χ3n) is 4.30. The zero-order valence-electron chi connectivity index (χ0n) is 17.5. The number of aliphatic hydroxyl groups excluding tert-OH is 1. The Balaban J connectivity index is 2.08. The van der Waals surface area contributed by atoms with Gasteiger partial charge in [0.25, 0.3) is 5.91 Å². The molecule has 0 aromatic heterocycles. The number of hydrogen-bond donors (Lipinski definition) is 3. The summed E-state index contributed by atoms with van der Waals surface area (Å²) in [5.41, 5.74) is 1.32. The lowest BCUT2D eigenvalue weighted by Gasteiger charge is -2.19. The predicted octanol–water partition coefficient (Wildman–Crippen LogP) is 2.32. The largest absolute Gasteiger partial charge is 0.494 e. The number of nitrogens with one attached hydrogen (secondary N) is 2. The molecule has 3 N–H and O–H groups in total. The van der Waals surface area contributed by atoms with Gasteiger partial charge in [-0.1, -0.05) is 19.1 Å². The van der Waals surface area contributed by atoms with Crippen LogP contribution in [0.25, 0.3) is 0 Å². The van der Waals surface area contributed by atoms with Gasteiger partial charge in [0.15, 0.2) is 0 Å². The van der Waals surface area contributed by atoms with Crippen LogP contribution in [-0.4, -0.2) is 49.3 Å². The Kier molecular flexibility index (Phi) is 9.67. The number of amides is 2. The number of aliphatic hydroxyl groups is 1. The second-order valence-electron chi connectivity index (χ2n) is 6.69. The highest BCUT2D eigenvalue weighted by Crippen LogP contribution is 2.15. The summed E-state index contributed by atoms with van der Waals surface area (Å²) in [6.45, 7) is 5.07. The minimum atomic E-state index is -0.780. The monoisotopic (exact) mass is 414 g/mol. The topological polar surface area (TPSA) is 96.9 Å². The second kappa shape index (κ2) is 12.5. The van der Waals surface area contributed by atoms with Crippen molar-refractivity contribution in [1.29, 1.82) is 0 Å². The molecule has 0 aliphatic heterocycles. The number of benzene rings is 2. The Bertz CT molecular complexity index is 790. The van der Waals surface area contributed by atoms with E-state index in [2.05, 4.69) is 10.6 Å². The fraction of sp³-hybridized carbons (Fsp3) is 0.391. The van der Waals surface area contributed by atoms with Gasteiger partial charge < -0.3 is 25.2 Å². The van der Waals surface area contributed by atoms with E-state index in [1.165, 1.54) is 0 Å². The van der Waals surface area contributed by atoms with Crippen LogP contribution in [0.5, 0.6) is 11.5 Å². The quantitative estimate of drug-likeness (QED) is 0.495. The maximum Gasteiger partial charge on any atom is 0.251 e. The average molecular weight is 415 g/mol. The lowest BCUT2D eigenvalue weighted by atomic mass is 10.0. The van der Waals surface area contributed by atoms with Gasteiger partial charge in [-0.15, -0.1) is 0 Å². The lowest BCUT2D eigenvalue weighted by molar-refractivity contribution is -0.123. The minimum Gasteiger partial charge on any atom is -0.494 e. The first kappa shape index (κ1) is 23.2. The van der Waals surface area contributed by atoms with Crippen LogP contribution < -0.4 is 20.1 Å². The van der Waals surface area contributed by atoms with E-state index in [1.807, 2.05) is 38.1 Å². The summed E-state index contributed by atoms with van der Waals surface area (Å²) < 4.78 is 11.0.